The van der Waals surface area contributed by atoms with Crippen LogP contribution in [0, 0.1) is 11.3 Å². The molecule has 4 nitrogen and oxygen atoms in total. The minimum atomic E-state index is -1.24. The molecule has 4 heteroatoms. The Hall–Kier alpha value is -0.900. The molecule has 2 saturated carbocycles. The van der Waals surface area contributed by atoms with Gasteiger partial charge in [-0.15, -0.1) is 0 Å². The molecule has 2 aliphatic carbocycles. The number of carbonyl (C=O) groups excluding carboxylic acids is 1. The van der Waals surface area contributed by atoms with E-state index in [0.29, 0.717) is 25.4 Å². The van der Waals surface area contributed by atoms with Gasteiger partial charge in [-0.1, -0.05) is 6.42 Å². The lowest BCUT2D eigenvalue weighted by atomic mass is 9.73. The molecule has 0 aromatic carbocycles. The first kappa shape index (κ1) is 11.6. The Morgan fingerprint density at radius 1 is 1.44 bits per heavy atom. The highest BCUT2D eigenvalue weighted by Crippen LogP contribution is 2.35. The summed E-state index contributed by atoms with van der Waals surface area (Å²) in [4.78, 5) is 23.1. The molecule has 2 fully saturated rings. The second-order valence-corrected chi connectivity index (χ2v) is 4.98. The summed E-state index contributed by atoms with van der Waals surface area (Å²) < 4.78 is 5.43. The highest BCUT2D eigenvalue weighted by atomic mass is 16.5. The lowest BCUT2D eigenvalue weighted by Crippen LogP contribution is -2.45. The number of ether oxygens (including phenoxy) is 1. The van der Waals surface area contributed by atoms with Gasteiger partial charge >= 0.3 is 5.97 Å². The van der Waals surface area contributed by atoms with Crippen LogP contribution in [0.2, 0.25) is 0 Å². The fraction of sp³-hybridized carbons (Fsp3) is 0.833. The van der Waals surface area contributed by atoms with E-state index in [2.05, 4.69) is 0 Å². The molecule has 1 N–H and O–H groups in total. The SMILES string of the molecule is O=C(O)C1(COCC2CC2)CCCCC1=O. The van der Waals surface area contributed by atoms with Crippen LogP contribution < -0.4 is 0 Å². The molecular formula is C12H18O4. The van der Waals surface area contributed by atoms with Crippen molar-refractivity contribution in [2.45, 2.75) is 38.5 Å². The van der Waals surface area contributed by atoms with Crippen LogP contribution in [0.1, 0.15) is 38.5 Å². The second kappa shape index (κ2) is 4.53. The first-order valence-corrected chi connectivity index (χ1v) is 5.99. The van der Waals surface area contributed by atoms with E-state index in [0.717, 1.165) is 12.8 Å². The van der Waals surface area contributed by atoms with Crippen LogP contribution in [0.3, 0.4) is 0 Å². The van der Waals surface area contributed by atoms with Crippen molar-refractivity contribution in [3.8, 4) is 0 Å². The van der Waals surface area contributed by atoms with Crippen molar-refractivity contribution in [1.82, 2.24) is 0 Å². The van der Waals surface area contributed by atoms with E-state index in [1.54, 1.807) is 0 Å². The van der Waals surface area contributed by atoms with E-state index in [4.69, 9.17) is 4.74 Å². The summed E-state index contributed by atoms with van der Waals surface area (Å²) in [6, 6.07) is 0. The van der Waals surface area contributed by atoms with Crippen molar-refractivity contribution >= 4 is 11.8 Å². The van der Waals surface area contributed by atoms with E-state index in [1.165, 1.54) is 12.8 Å². The van der Waals surface area contributed by atoms with Crippen molar-refractivity contribution in [2.75, 3.05) is 13.2 Å². The summed E-state index contributed by atoms with van der Waals surface area (Å²) >= 11 is 0. The number of carboxylic acid groups (broad SMARTS) is 1. The first-order valence-electron chi connectivity index (χ1n) is 5.99. The van der Waals surface area contributed by atoms with Gasteiger partial charge in [0.05, 0.1) is 6.61 Å². The molecule has 0 aromatic rings. The van der Waals surface area contributed by atoms with Gasteiger partial charge in [-0.3, -0.25) is 9.59 Å². The molecule has 90 valence electrons. The van der Waals surface area contributed by atoms with Gasteiger partial charge in [0.1, 0.15) is 5.41 Å². The number of carboxylic acids is 1. The molecule has 16 heavy (non-hydrogen) atoms. The molecule has 0 aliphatic heterocycles. The Labute approximate surface area is 95.0 Å². The lowest BCUT2D eigenvalue weighted by Gasteiger charge is -2.31. The first-order chi connectivity index (χ1) is 7.65. The van der Waals surface area contributed by atoms with Crippen molar-refractivity contribution in [1.29, 1.82) is 0 Å². The van der Waals surface area contributed by atoms with E-state index >= 15 is 0 Å². The largest absolute Gasteiger partial charge is 0.480 e. The fourth-order valence-corrected chi connectivity index (χ4v) is 2.22. The maximum absolute atomic E-state index is 11.8. The predicted octanol–water partition coefficient (Wildman–Crippen LogP) is 1.63. The Morgan fingerprint density at radius 2 is 2.19 bits per heavy atom. The summed E-state index contributed by atoms with van der Waals surface area (Å²) in [7, 11) is 0. The van der Waals surface area contributed by atoms with Gasteiger partial charge in [-0.05, 0) is 31.6 Å². The minimum absolute atomic E-state index is 0.0671. The molecule has 1 unspecified atom stereocenters. The number of Topliss-reactive ketones (excluding diaryl/α,β-unsaturated/α-hetero) is 1. The Kier molecular flexibility index (Phi) is 3.28. The van der Waals surface area contributed by atoms with Gasteiger partial charge in [-0.25, -0.2) is 0 Å². The smallest absolute Gasteiger partial charge is 0.319 e. The van der Waals surface area contributed by atoms with Gasteiger partial charge in [0, 0.05) is 13.0 Å². The topological polar surface area (TPSA) is 63.6 Å². The van der Waals surface area contributed by atoms with Crippen LogP contribution in [0.15, 0.2) is 0 Å². The van der Waals surface area contributed by atoms with Crippen LogP contribution in [-0.2, 0) is 14.3 Å². The third-order valence-corrected chi connectivity index (χ3v) is 3.60. The fourth-order valence-electron chi connectivity index (χ4n) is 2.22. The van der Waals surface area contributed by atoms with Crippen LogP contribution in [0.5, 0.6) is 0 Å². The van der Waals surface area contributed by atoms with Gasteiger partial charge in [0.15, 0.2) is 5.78 Å². The van der Waals surface area contributed by atoms with Crippen molar-refractivity contribution in [3.05, 3.63) is 0 Å². The molecule has 0 bridgehead atoms. The molecule has 2 rings (SSSR count). The molecule has 2 aliphatic rings. The maximum Gasteiger partial charge on any atom is 0.319 e. The van der Waals surface area contributed by atoms with Gasteiger partial charge < -0.3 is 9.84 Å². The molecule has 0 radical (unpaired) electrons. The minimum Gasteiger partial charge on any atom is -0.480 e. The summed E-state index contributed by atoms with van der Waals surface area (Å²) in [5.74, 6) is -0.556. The zero-order valence-electron chi connectivity index (χ0n) is 9.41. The number of rotatable bonds is 5. The molecule has 1 atom stereocenters. The third kappa shape index (κ3) is 2.26. The Bertz CT molecular complexity index is 295. The summed E-state index contributed by atoms with van der Waals surface area (Å²) in [5, 5.41) is 9.24. The number of ketones is 1. The number of hydrogen-bond acceptors (Lipinski definition) is 3. The average Bonchev–Trinajstić information content (AvgIpc) is 3.04. The standard InChI is InChI=1S/C12H18O4/c13-10-3-1-2-6-12(10,11(14)15)8-16-7-9-4-5-9/h9H,1-8H2,(H,14,15). The van der Waals surface area contributed by atoms with Crippen molar-refractivity contribution in [3.63, 3.8) is 0 Å². The van der Waals surface area contributed by atoms with Crippen LogP contribution >= 0.6 is 0 Å². The zero-order valence-corrected chi connectivity index (χ0v) is 9.41. The number of carbonyl (C=O) groups is 2. The zero-order chi connectivity index (χ0) is 11.6. The number of aliphatic carboxylic acids is 1. The van der Waals surface area contributed by atoms with E-state index in [1.807, 2.05) is 0 Å². The van der Waals surface area contributed by atoms with Gasteiger partial charge in [0.25, 0.3) is 0 Å². The lowest BCUT2D eigenvalue weighted by molar-refractivity contribution is -0.162. The monoisotopic (exact) mass is 226 g/mol. The third-order valence-electron chi connectivity index (χ3n) is 3.60. The summed E-state index contributed by atoms with van der Waals surface area (Å²) in [6.07, 6.45) is 4.80. The Morgan fingerprint density at radius 3 is 2.75 bits per heavy atom. The van der Waals surface area contributed by atoms with Crippen LogP contribution in [0.4, 0.5) is 0 Å². The molecule has 0 spiro atoms. The Balaban J connectivity index is 1.95. The molecule has 0 aromatic heterocycles. The quantitative estimate of drug-likeness (QED) is 0.724. The normalized spacial score (nSPS) is 30.4. The highest BCUT2D eigenvalue weighted by molar-refractivity contribution is 6.03. The van der Waals surface area contributed by atoms with Gasteiger partial charge in [0.2, 0.25) is 0 Å². The van der Waals surface area contributed by atoms with E-state index in [-0.39, 0.29) is 12.4 Å². The van der Waals surface area contributed by atoms with E-state index < -0.39 is 11.4 Å². The molecule has 0 saturated heterocycles. The van der Waals surface area contributed by atoms with Crippen molar-refractivity contribution < 1.29 is 19.4 Å². The second-order valence-electron chi connectivity index (χ2n) is 4.98. The van der Waals surface area contributed by atoms with Crippen molar-refractivity contribution in [2.24, 2.45) is 11.3 Å². The van der Waals surface area contributed by atoms with Gasteiger partial charge in [-0.2, -0.15) is 0 Å². The molecular weight excluding hydrogens is 208 g/mol. The van der Waals surface area contributed by atoms with Crippen LogP contribution in [-0.4, -0.2) is 30.1 Å². The molecule has 0 heterocycles. The number of hydrogen-bond donors (Lipinski definition) is 1. The predicted molar refractivity (Wildman–Crippen MR) is 57.1 cm³/mol. The van der Waals surface area contributed by atoms with Crippen LogP contribution in [0.25, 0.3) is 0 Å². The highest BCUT2D eigenvalue weighted by Gasteiger charge is 2.47. The average molecular weight is 226 g/mol. The van der Waals surface area contributed by atoms with E-state index in [9.17, 15) is 14.7 Å². The summed E-state index contributed by atoms with van der Waals surface area (Å²) in [5.41, 5.74) is -1.24. The molecule has 0 amide bonds. The maximum atomic E-state index is 11.8. The summed E-state index contributed by atoms with van der Waals surface area (Å²) in [6.45, 7) is 0.681.